The zero-order valence-corrected chi connectivity index (χ0v) is 21.0. The van der Waals surface area contributed by atoms with Crippen molar-refractivity contribution in [3.8, 4) is 0 Å². The molecule has 0 bridgehead atoms. The first-order valence-electron chi connectivity index (χ1n) is 10.9. The molecule has 1 aromatic heterocycles. The van der Waals surface area contributed by atoms with E-state index in [0.717, 1.165) is 42.2 Å². The number of amides is 1. The molecule has 0 aliphatic carbocycles. The van der Waals surface area contributed by atoms with Gasteiger partial charge < -0.3 is 24.7 Å². The molecule has 1 aromatic rings. The van der Waals surface area contributed by atoms with Gasteiger partial charge in [-0.25, -0.2) is 4.98 Å². The van der Waals surface area contributed by atoms with Crippen LogP contribution in [-0.4, -0.2) is 66.1 Å². The molecule has 0 saturated carbocycles. The molecule has 1 amide bonds. The number of methoxy groups -OCH3 is 1. The molecule has 2 N–H and O–H groups in total. The number of carbonyl (C=O) groups excluding carboxylic acids is 1. The highest BCUT2D eigenvalue weighted by Gasteiger charge is 2.14. The summed E-state index contributed by atoms with van der Waals surface area (Å²) in [6, 6.07) is 0. The second-order valence-electron chi connectivity index (χ2n) is 7.49. The van der Waals surface area contributed by atoms with Crippen LogP contribution in [0.15, 0.2) is 65.8 Å². The molecule has 7 nitrogen and oxygen atoms in total. The van der Waals surface area contributed by atoms with E-state index in [0.29, 0.717) is 12.3 Å². The van der Waals surface area contributed by atoms with Crippen LogP contribution in [0.1, 0.15) is 32.4 Å². The Bertz CT molecular complexity index is 871. The summed E-state index contributed by atoms with van der Waals surface area (Å²) < 4.78 is 5.02. The van der Waals surface area contributed by atoms with Gasteiger partial charge in [-0.1, -0.05) is 31.4 Å². The van der Waals surface area contributed by atoms with Crippen molar-refractivity contribution >= 4 is 22.4 Å². The Morgan fingerprint density at radius 2 is 2.03 bits per heavy atom. The number of rotatable bonds is 15. The van der Waals surface area contributed by atoms with Crippen molar-refractivity contribution in [2.24, 2.45) is 0 Å². The lowest BCUT2D eigenvalue weighted by atomic mass is 10.1. The Morgan fingerprint density at radius 1 is 1.30 bits per heavy atom. The van der Waals surface area contributed by atoms with Crippen LogP contribution in [-0.2, 0) is 16.0 Å². The lowest BCUT2D eigenvalue weighted by Crippen LogP contribution is -2.34. The van der Waals surface area contributed by atoms with Crippen LogP contribution in [0.2, 0.25) is 0 Å². The Hall–Kier alpha value is -2.68. The molecule has 0 unspecified atom stereocenters. The van der Waals surface area contributed by atoms with E-state index in [-0.39, 0.29) is 18.0 Å². The zero-order valence-electron chi connectivity index (χ0n) is 20.2. The standard InChI is InChI=1S/C25H37N3O4S/c1-7-21(15-14-19(3)24(31)27(5)17-23(29)30)16-28(8-2)25-26-22(18-33-25)13-11-9-10-12-20(4)32-6/h7,10,12,14-15,18,23,29-30H,3-4,8-9,11,13,16-17H2,1-2,5-6H3/b12-10-,15-14-,21-7+. The third-order valence-corrected chi connectivity index (χ3v) is 5.81. The van der Waals surface area contributed by atoms with E-state index >= 15 is 0 Å². The van der Waals surface area contributed by atoms with Gasteiger partial charge in [-0.2, -0.15) is 0 Å². The van der Waals surface area contributed by atoms with Gasteiger partial charge in [-0.15, -0.1) is 11.3 Å². The van der Waals surface area contributed by atoms with E-state index in [1.165, 1.54) is 11.9 Å². The number of aromatic nitrogens is 1. The van der Waals surface area contributed by atoms with Crippen molar-refractivity contribution in [1.29, 1.82) is 0 Å². The summed E-state index contributed by atoms with van der Waals surface area (Å²) in [7, 11) is 3.11. The average molecular weight is 476 g/mol. The largest absolute Gasteiger partial charge is 0.497 e. The topological polar surface area (TPSA) is 86.1 Å². The maximum atomic E-state index is 12.3. The molecule has 1 heterocycles. The second-order valence-corrected chi connectivity index (χ2v) is 8.33. The SMILES string of the molecule is C=C(/C=C\CCCc1csc(N(CC)CC(/C=C\C(=C)C(=O)N(C)CC(O)O)=C/C)n1)OC. The summed E-state index contributed by atoms with van der Waals surface area (Å²) in [6.07, 6.45) is 10.7. The van der Waals surface area contributed by atoms with Crippen LogP contribution in [0.25, 0.3) is 0 Å². The average Bonchev–Trinajstić information content (AvgIpc) is 3.26. The van der Waals surface area contributed by atoms with Crippen molar-refractivity contribution < 1.29 is 19.7 Å². The van der Waals surface area contributed by atoms with Crippen molar-refractivity contribution in [1.82, 2.24) is 9.88 Å². The molecule has 0 aliphatic heterocycles. The number of aryl methyl sites for hydroxylation is 1. The maximum absolute atomic E-state index is 12.3. The first-order chi connectivity index (χ1) is 15.7. The van der Waals surface area contributed by atoms with E-state index in [9.17, 15) is 4.79 Å². The molecule has 0 radical (unpaired) electrons. The Balaban J connectivity index is 2.66. The van der Waals surface area contributed by atoms with Gasteiger partial charge in [0.1, 0.15) is 5.76 Å². The minimum atomic E-state index is -1.57. The van der Waals surface area contributed by atoms with Gasteiger partial charge in [0.25, 0.3) is 5.91 Å². The first-order valence-corrected chi connectivity index (χ1v) is 11.8. The fraction of sp³-hybridized carbons (Fsp3) is 0.440. The Morgan fingerprint density at radius 3 is 2.64 bits per heavy atom. The number of carbonyl (C=O) groups is 1. The Kier molecular flexibility index (Phi) is 13.1. The predicted octanol–water partition coefficient (Wildman–Crippen LogP) is 3.84. The summed E-state index contributed by atoms with van der Waals surface area (Å²) in [5, 5.41) is 21.1. The Labute approximate surface area is 201 Å². The molecule has 0 atom stereocenters. The number of hydrogen-bond donors (Lipinski definition) is 2. The van der Waals surface area contributed by atoms with Crippen molar-refractivity contribution in [2.45, 2.75) is 39.4 Å². The van der Waals surface area contributed by atoms with Gasteiger partial charge in [0.15, 0.2) is 11.4 Å². The molecule has 0 saturated heterocycles. The van der Waals surface area contributed by atoms with E-state index < -0.39 is 6.29 Å². The number of unbranched alkanes of at least 4 members (excludes halogenated alkanes) is 1. The fourth-order valence-electron chi connectivity index (χ4n) is 2.87. The molecule has 0 fully saturated rings. The first kappa shape index (κ1) is 28.4. The van der Waals surface area contributed by atoms with Gasteiger partial charge in [0.05, 0.1) is 19.3 Å². The number of thiazole rings is 1. The maximum Gasteiger partial charge on any atom is 0.253 e. The summed E-state index contributed by atoms with van der Waals surface area (Å²) in [5.41, 5.74) is 2.38. The smallest absolute Gasteiger partial charge is 0.253 e. The van der Waals surface area contributed by atoms with Crippen molar-refractivity contribution in [3.63, 3.8) is 0 Å². The minimum absolute atomic E-state index is 0.170. The van der Waals surface area contributed by atoms with Crippen LogP contribution >= 0.6 is 11.3 Å². The number of nitrogens with zero attached hydrogens (tertiary/aromatic N) is 3. The van der Waals surface area contributed by atoms with E-state index in [2.05, 4.69) is 36.4 Å². The number of allylic oxidation sites excluding steroid dienone is 3. The van der Waals surface area contributed by atoms with Gasteiger partial charge >= 0.3 is 0 Å². The highest BCUT2D eigenvalue weighted by Crippen LogP contribution is 2.23. The van der Waals surface area contributed by atoms with Crippen LogP contribution in [0, 0.1) is 0 Å². The lowest BCUT2D eigenvalue weighted by Gasteiger charge is -2.21. The normalized spacial score (nSPS) is 12.0. The summed E-state index contributed by atoms with van der Waals surface area (Å²) >= 11 is 1.63. The highest BCUT2D eigenvalue weighted by atomic mass is 32.1. The van der Waals surface area contributed by atoms with Crippen LogP contribution in [0.4, 0.5) is 5.13 Å². The number of likely N-dealkylation sites (N-methyl/N-ethyl adjacent to an activating group) is 2. The molecule has 182 valence electrons. The number of aliphatic hydroxyl groups is 2. The highest BCUT2D eigenvalue weighted by molar-refractivity contribution is 7.13. The third-order valence-electron chi connectivity index (χ3n) is 4.86. The quantitative estimate of drug-likeness (QED) is 0.132. The van der Waals surface area contributed by atoms with E-state index in [1.807, 2.05) is 25.2 Å². The van der Waals surface area contributed by atoms with Gasteiger partial charge in [-0.3, -0.25) is 4.79 Å². The summed E-state index contributed by atoms with van der Waals surface area (Å²) in [6.45, 7) is 12.9. The second kappa shape index (κ2) is 15.2. The van der Waals surface area contributed by atoms with Crippen molar-refractivity contribution in [2.75, 3.05) is 38.7 Å². The van der Waals surface area contributed by atoms with Crippen molar-refractivity contribution in [3.05, 3.63) is 71.5 Å². The fourth-order valence-corrected chi connectivity index (χ4v) is 3.79. The molecule has 33 heavy (non-hydrogen) atoms. The lowest BCUT2D eigenvalue weighted by molar-refractivity contribution is -0.131. The van der Waals surface area contributed by atoms with Gasteiger partial charge in [-0.05, 0) is 50.8 Å². The van der Waals surface area contributed by atoms with Crippen LogP contribution < -0.4 is 4.90 Å². The molecule has 8 heteroatoms. The monoisotopic (exact) mass is 475 g/mol. The van der Waals surface area contributed by atoms with Gasteiger partial charge in [0, 0.05) is 31.1 Å². The molecule has 0 aliphatic rings. The molecular weight excluding hydrogens is 438 g/mol. The molecule has 0 spiro atoms. The van der Waals surface area contributed by atoms with Crippen LogP contribution in [0.3, 0.4) is 0 Å². The van der Waals surface area contributed by atoms with Crippen LogP contribution in [0.5, 0.6) is 0 Å². The summed E-state index contributed by atoms with van der Waals surface area (Å²) in [5.74, 6) is 0.301. The number of aliphatic hydroxyl groups excluding tert-OH is 1. The molecule has 0 aromatic carbocycles. The predicted molar refractivity (Wildman–Crippen MR) is 136 cm³/mol. The van der Waals surface area contributed by atoms with Gasteiger partial charge in [0.2, 0.25) is 0 Å². The number of ether oxygens (including phenoxy) is 1. The molecular formula is C25H37N3O4S. The van der Waals surface area contributed by atoms with E-state index in [4.69, 9.17) is 19.9 Å². The zero-order chi connectivity index (χ0) is 24.8. The minimum Gasteiger partial charge on any atom is -0.497 e. The third kappa shape index (κ3) is 10.7. The number of hydrogen-bond acceptors (Lipinski definition) is 7. The van der Waals surface area contributed by atoms with E-state index in [1.54, 1.807) is 24.5 Å². The summed E-state index contributed by atoms with van der Waals surface area (Å²) in [4.78, 5) is 20.5. The number of anilines is 1. The molecule has 1 rings (SSSR count).